The highest BCUT2D eigenvalue weighted by atomic mass is 32.1. The van der Waals surface area contributed by atoms with Crippen LogP contribution in [0.5, 0.6) is 0 Å². The van der Waals surface area contributed by atoms with Crippen LogP contribution in [0.15, 0.2) is 41.8 Å². The SMILES string of the molecule is O=C(N1CCCCC1)C1(Cc2ccccc2-c2cccs2)CCOCC1. The molecule has 2 aliphatic heterocycles. The molecule has 0 unspecified atom stereocenters. The molecule has 0 bridgehead atoms. The fourth-order valence-electron chi connectivity index (χ4n) is 4.37. The zero-order valence-corrected chi connectivity index (χ0v) is 16.1. The van der Waals surface area contributed by atoms with Crippen molar-refractivity contribution >= 4 is 17.2 Å². The van der Waals surface area contributed by atoms with Gasteiger partial charge in [0.15, 0.2) is 0 Å². The van der Waals surface area contributed by atoms with Crippen molar-refractivity contribution < 1.29 is 9.53 Å². The second kappa shape index (κ2) is 7.93. The van der Waals surface area contributed by atoms with Gasteiger partial charge in [-0.3, -0.25) is 4.79 Å². The van der Waals surface area contributed by atoms with Crippen molar-refractivity contribution in [1.29, 1.82) is 0 Å². The highest BCUT2D eigenvalue weighted by Crippen LogP contribution is 2.40. The van der Waals surface area contributed by atoms with E-state index in [4.69, 9.17) is 4.74 Å². The zero-order valence-electron chi connectivity index (χ0n) is 15.3. The molecule has 1 aromatic carbocycles. The van der Waals surface area contributed by atoms with Crippen LogP contribution in [0.3, 0.4) is 0 Å². The molecule has 138 valence electrons. The van der Waals surface area contributed by atoms with E-state index in [0.717, 1.165) is 45.2 Å². The predicted molar refractivity (Wildman–Crippen MR) is 106 cm³/mol. The number of amides is 1. The minimum atomic E-state index is -0.303. The predicted octanol–water partition coefficient (Wildman–Crippen LogP) is 4.77. The van der Waals surface area contributed by atoms with Gasteiger partial charge in [-0.1, -0.05) is 30.3 Å². The Morgan fingerprint density at radius 1 is 1.04 bits per heavy atom. The summed E-state index contributed by atoms with van der Waals surface area (Å²) in [5.41, 5.74) is 2.27. The highest BCUT2D eigenvalue weighted by molar-refractivity contribution is 7.13. The number of carbonyl (C=O) groups is 1. The zero-order chi connectivity index (χ0) is 17.8. The van der Waals surface area contributed by atoms with E-state index in [-0.39, 0.29) is 5.41 Å². The van der Waals surface area contributed by atoms with Crippen molar-refractivity contribution in [2.24, 2.45) is 5.41 Å². The van der Waals surface area contributed by atoms with E-state index >= 15 is 0 Å². The lowest BCUT2D eigenvalue weighted by Gasteiger charge is -2.41. The Balaban J connectivity index is 1.65. The van der Waals surface area contributed by atoms with Gasteiger partial charge in [0.25, 0.3) is 0 Å². The maximum atomic E-state index is 13.6. The third kappa shape index (κ3) is 3.58. The Morgan fingerprint density at radius 3 is 2.54 bits per heavy atom. The average Bonchev–Trinajstić information content (AvgIpc) is 3.24. The van der Waals surface area contributed by atoms with Gasteiger partial charge in [0.1, 0.15) is 0 Å². The Morgan fingerprint density at radius 2 is 1.81 bits per heavy atom. The van der Waals surface area contributed by atoms with E-state index in [1.54, 1.807) is 11.3 Å². The van der Waals surface area contributed by atoms with Gasteiger partial charge >= 0.3 is 0 Å². The van der Waals surface area contributed by atoms with Gasteiger partial charge in [0.2, 0.25) is 5.91 Å². The molecule has 0 aliphatic carbocycles. The number of ether oxygens (including phenoxy) is 1. The van der Waals surface area contributed by atoms with Crippen molar-refractivity contribution in [2.75, 3.05) is 26.3 Å². The van der Waals surface area contributed by atoms with Crippen LogP contribution in [0.2, 0.25) is 0 Å². The number of carbonyl (C=O) groups excluding carboxylic acids is 1. The Kier molecular flexibility index (Phi) is 5.41. The highest BCUT2D eigenvalue weighted by Gasteiger charge is 2.43. The molecule has 0 radical (unpaired) electrons. The quantitative estimate of drug-likeness (QED) is 0.777. The second-order valence-electron chi connectivity index (χ2n) is 7.56. The summed E-state index contributed by atoms with van der Waals surface area (Å²) >= 11 is 1.77. The smallest absolute Gasteiger partial charge is 0.229 e. The van der Waals surface area contributed by atoms with Crippen molar-refractivity contribution in [3.05, 3.63) is 47.3 Å². The molecule has 3 nitrogen and oxygen atoms in total. The summed E-state index contributed by atoms with van der Waals surface area (Å²) in [5, 5.41) is 2.12. The molecule has 3 heterocycles. The first-order valence-corrected chi connectivity index (χ1v) is 10.7. The van der Waals surface area contributed by atoms with Crippen molar-refractivity contribution in [1.82, 2.24) is 4.90 Å². The Hall–Kier alpha value is -1.65. The first-order chi connectivity index (χ1) is 12.8. The maximum Gasteiger partial charge on any atom is 0.229 e. The summed E-state index contributed by atoms with van der Waals surface area (Å²) in [5.74, 6) is 0.362. The third-order valence-electron chi connectivity index (χ3n) is 5.88. The summed E-state index contributed by atoms with van der Waals surface area (Å²) in [7, 11) is 0. The van der Waals surface area contributed by atoms with Crippen molar-refractivity contribution in [3.8, 4) is 10.4 Å². The summed E-state index contributed by atoms with van der Waals surface area (Å²) in [6, 6.07) is 12.9. The summed E-state index contributed by atoms with van der Waals surface area (Å²) in [6.07, 6.45) is 6.03. The van der Waals surface area contributed by atoms with Crippen LogP contribution in [0.4, 0.5) is 0 Å². The van der Waals surface area contributed by atoms with Crippen LogP contribution >= 0.6 is 11.3 Å². The van der Waals surface area contributed by atoms with Gasteiger partial charge in [0, 0.05) is 31.2 Å². The van der Waals surface area contributed by atoms with E-state index in [1.807, 2.05) is 0 Å². The van der Waals surface area contributed by atoms with Gasteiger partial charge in [-0.25, -0.2) is 0 Å². The minimum absolute atomic E-state index is 0.303. The summed E-state index contributed by atoms with van der Waals surface area (Å²) < 4.78 is 5.63. The van der Waals surface area contributed by atoms with Gasteiger partial charge in [-0.05, 0) is 61.1 Å². The summed E-state index contributed by atoms with van der Waals surface area (Å²) in [6.45, 7) is 3.24. The van der Waals surface area contributed by atoms with Crippen LogP contribution in [0.1, 0.15) is 37.7 Å². The molecule has 0 N–H and O–H groups in total. The molecule has 4 rings (SSSR count). The second-order valence-corrected chi connectivity index (χ2v) is 8.50. The molecule has 2 aliphatic rings. The van der Waals surface area contributed by atoms with E-state index in [0.29, 0.717) is 19.1 Å². The number of piperidine rings is 1. The molecule has 26 heavy (non-hydrogen) atoms. The topological polar surface area (TPSA) is 29.5 Å². The van der Waals surface area contributed by atoms with Crippen LogP contribution in [-0.2, 0) is 16.0 Å². The number of hydrogen-bond donors (Lipinski definition) is 0. The molecule has 1 amide bonds. The molecular weight excluding hydrogens is 342 g/mol. The van der Waals surface area contributed by atoms with Crippen LogP contribution in [0.25, 0.3) is 10.4 Å². The maximum absolute atomic E-state index is 13.6. The van der Waals surface area contributed by atoms with Crippen molar-refractivity contribution in [3.63, 3.8) is 0 Å². The lowest BCUT2D eigenvalue weighted by atomic mass is 9.73. The molecule has 2 aromatic rings. The van der Waals surface area contributed by atoms with Crippen LogP contribution in [-0.4, -0.2) is 37.1 Å². The first kappa shape index (κ1) is 17.7. The number of nitrogens with zero attached hydrogens (tertiary/aromatic N) is 1. The normalized spacial score (nSPS) is 20.1. The molecule has 1 aromatic heterocycles. The van der Waals surface area contributed by atoms with Crippen LogP contribution in [0, 0.1) is 5.41 Å². The van der Waals surface area contributed by atoms with Gasteiger partial charge < -0.3 is 9.64 Å². The van der Waals surface area contributed by atoms with E-state index in [1.165, 1.54) is 22.4 Å². The molecule has 0 atom stereocenters. The van der Waals surface area contributed by atoms with E-state index < -0.39 is 0 Å². The Bertz CT molecular complexity index is 728. The third-order valence-corrected chi connectivity index (χ3v) is 6.78. The van der Waals surface area contributed by atoms with Gasteiger partial charge in [0.05, 0.1) is 5.41 Å². The number of benzene rings is 1. The molecular formula is C22H27NO2S. The van der Waals surface area contributed by atoms with Gasteiger partial charge in [-0.2, -0.15) is 0 Å². The lowest BCUT2D eigenvalue weighted by Crippen LogP contribution is -2.49. The van der Waals surface area contributed by atoms with E-state index in [9.17, 15) is 4.79 Å². The number of likely N-dealkylation sites (tertiary alicyclic amines) is 1. The monoisotopic (exact) mass is 369 g/mol. The van der Waals surface area contributed by atoms with Gasteiger partial charge in [-0.15, -0.1) is 11.3 Å². The lowest BCUT2D eigenvalue weighted by molar-refractivity contribution is -0.149. The van der Waals surface area contributed by atoms with E-state index in [2.05, 4.69) is 46.7 Å². The summed E-state index contributed by atoms with van der Waals surface area (Å²) in [4.78, 5) is 17.0. The molecule has 2 fully saturated rings. The average molecular weight is 370 g/mol. The largest absolute Gasteiger partial charge is 0.381 e. The minimum Gasteiger partial charge on any atom is -0.381 e. The van der Waals surface area contributed by atoms with Crippen molar-refractivity contribution in [2.45, 2.75) is 38.5 Å². The molecule has 0 saturated carbocycles. The first-order valence-electron chi connectivity index (χ1n) is 9.77. The molecule has 0 spiro atoms. The number of rotatable bonds is 4. The number of hydrogen-bond acceptors (Lipinski definition) is 3. The molecule has 4 heteroatoms. The molecule has 2 saturated heterocycles. The fourth-order valence-corrected chi connectivity index (χ4v) is 5.16. The fraction of sp³-hybridized carbons (Fsp3) is 0.500. The number of thiophene rings is 1. The standard InChI is InChI=1S/C22H27NO2S/c24-21(23-12-4-1-5-13-23)22(10-14-25-15-11-22)17-18-7-2-3-8-19(18)20-9-6-16-26-20/h2-3,6-9,16H,1,4-5,10-15,17H2. The van der Waals surface area contributed by atoms with Crippen LogP contribution < -0.4 is 0 Å². The Labute approximate surface area is 160 Å².